The quantitative estimate of drug-likeness (QED) is 0.330. The minimum Gasteiger partial charge on any atom is -0.480 e. The highest BCUT2D eigenvalue weighted by Gasteiger charge is 2.37. The average molecular weight is 438 g/mol. The van der Waals surface area contributed by atoms with Gasteiger partial charge < -0.3 is 15.7 Å². The van der Waals surface area contributed by atoms with Gasteiger partial charge in [0.25, 0.3) is 0 Å². The molecule has 0 radical (unpaired) electrons. The van der Waals surface area contributed by atoms with E-state index in [-0.39, 0.29) is 0 Å². The third kappa shape index (κ3) is 6.57. The maximum absolute atomic E-state index is 12.0. The van der Waals surface area contributed by atoms with E-state index in [2.05, 4.69) is 48.1 Å². The zero-order valence-corrected chi connectivity index (χ0v) is 19.7. The number of aliphatic carboxylic acids is 1. The summed E-state index contributed by atoms with van der Waals surface area (Å²) in [5, 5.41) is 16.8. The maximum Gasteiger partial charge on any atom is 0.325 e. The molecule has 0 aromatic heterocycles. The molecule has 1 unspecified atom stereocenters. The number of carboxylic acid groups (broad SMARTS) is 1. The minimum atomic E-state index is -0.758. The van der Waals surface area contributed by atoms with Crippen molar-refractivity contribution in [3.05, 3.63) is 71.0 Å². The molecule has 0 spiro atoms. The Labute approximate surface area is 193 Å². The van der Waals surface area contributed by atoms with Crippen molar-refractivity contribution in [3.63, 3.8) is 0 Å². The summed E-state index contributed by atoms with van der Waals surface area (Å²) in [5.41, 5.74) is 5.93. The highest BCUT2D eigenvalue weighted by molar-refractivity contribution is 5.76. The number of rotatable bonds is 12. The van der Waals surface area contributed by atoms with Crippen molar-refractivity contribution in [1.29, 1.82) is 0 Å². The van der Waals surface area contributed by atoms with Gasteiger partial charge in [0.15, 0.2) is 0 Å². The van der Waals surface area contributed by atoms with E-state index in [0.29, 0.717) is 6.04 Å². The van der Waals surface area contributed by atoms with Crippen molar-refractivity contribution >= 4 is 5.97 Å². The van der Waals surface area contributed by atoms with Crippen molar-refractivity contribution < 1.29 is 9.90 Å². The maximum atomic E-state index is 12.0. The number of aryl methyl sites for hydroxylation is 1. The van der Waals surface area contributed by atoms with Crippen molar-refractivity contribution in [1.82, 2.24) is 15.5 Å². The van der Waals surface area contributed by atoms with Crippen LogP contribution in [0, 0.1) is 0 Å². The van der Waals surface area contributed by atoms with Crippen LogP contribution in [0.2, 0.25) is 0 Å². The molecule has 1 aromatic rings. The topological polar surface area (TPSA) is 64.6 Å². The molecule has 174 valence electrons. The van der Waals surface area contributed by atoms with E-state index >= 15 is 0 Å². The van der Waals surface area contributed by atoms with E-state index in [9.17, 15) is 9.90 Å². The fraction of sp³-hybridized carbons (Fsp3) is 0.519. The summed E-state index contributed by atoms with van der Waals surface area (Å²) in [7, 11) is 0. The fourth-order valence-corrected chi connectivity index (χ4v) is 4.61. The van der Waals surface area contributed by atoms with Crippen LogP contribution in [0.4, 0.5) is 0 Å². The molecule has 3 rings (SSSR count). The van der Waals surface area contributed by atoms with Gasteiger partial charge in [-0.3, -0.25) is 9.69 Å². The molecule has 2 heterocycles. The minimum absolute atomic E-state index is 0.377. The Morgan fingerprint density at radius 2 is 2.12 bits per heavy atom. The molecule has 5 heteroatoms. The molecule has 3 N–H and O–H groups in total. The fourth-order valence-electron chi connectivity index (χ4n) is 4.61. The second-order valence-corrected chi connectivity index (χ2v) is 9.03. The summed E-state index contributed by atoms with van der Waals surface area (Å²) >= 11 is 0. The van der Waals surface area contributed by atoms with Crippen LogP contribution in [0.3, 0.4) is 0 Å². The Kier molecular flexibility index (Phi) is 9.12. The van der Waals surface area contributed by atoms with E-state index in [0.717, 1.165) is 69.4 Å². The van der Waals surface area contributed by atoms with Gasteiger partial charge in [0, 0.05) is 31.4 Å². The number of unbranched alkanes of at least 4 members (excludes halogenated alkanes) is 1. The van der Waals surface area contributed by atoms with E-state index in [1.54, 1.807) is 0 Å². The van der Waals surface area contributed by atoms with Crippen LogP contribution in [-0.2, 0) is 11.2 Å². The number of nitrogens with zero attached hydrogens (tertiary/aromatic N) is 1. The van der Waals surface area contributed by atoms with Crippen LogP contribution in [0.15, 0.2) is 59.8 Å². The molecule has 32 heavy (non-hydrogen) atoms. The second-order valence-electron chi connectivity index (χ2n) is 9.03. The predicted octanol–water partition coefficient (Wildman–Crippen LogP) is 4.59. The molecule has 1 fully saturated rings. The third-order valence-electron chi connectivity index (χ3n) is 6.61. The SMILES string of the molecule is C=C(/C=C\C1=C(C)NCCC1)CCCCNC1CN(C(C(=O)O)c2ccccc2CC)C1. The first kappa shape index (κ1) is 24.3. The van der Waals surface area contributed by atoms with Gasteiger partial charge in [-0.25, -0.2) is 0 Å². The van der Waals surface area contributed by atoms with Crippen LogP contribution in [0.25, 0.3) is 0 Å². The van der Waals surface area contributed by atoms with Crippen molar-refractivity contribution in [3.8, 4) is 0 Å². The zero-order valence-electron chi connectivity index (χ0n) is 19.7. The number of hydrogen-bond acceptors (Lipinski definition) is 4. The van der Waals surface area contributed by atoms with Crippen molar-refractivity contribution in [2.24, 2.45) is 0 Å². The molecule has 5 nitrogen and oxygen atoms in total. The van der Waals surface area contributed by atoms with Crippen LogP contribution in [-0.4, -0.2) is 48.2 Å². The van der Waals surface area contributed by atoms with Crippen molar-refractivity contribution in [2.45, 2.75) is 64.5 Å². The van der Waals surface area contributed by atoms with E-state index in [4.69, 9.17) is 0 Å². The number of carbonyl (C=O) groups is 1. The Hall–Kier alpha value is -2.37. The molecular formula is C27H39N3O2. The summed E-state index contributed by atoms with van der Waals surface area (Å²) in [6.07, 6.45) is 10.8. The van der Waals surface area contributed by atoms with E-state index < -0.39 is 12.0 Å². The first-order valence-electron chi connectivity index (χ1n) is 12.1. The lowest BCUT2D eigenvalue weighted by atomic mass is 9.94. The second kappa shape index (κ2) is 12.0. The highest BCUT2D eigenvalue weighted by atomic mass is 16.4. The van der Waals surface area contributed by atoms with Gasteiger partial charge in [-0.05, 0) is 68.7 Å². The highest BCUT2D eigenvalue weighted by Crippen LogP contribution is 2.29. The van der Waals surface area contributed by atoms with Crippen LogP contribution in [0.1, 0.15) is 63.1 Å². The van der Waals surface area contributed by atoms with Crippen LogP contribution < -0.4 is 10.6 Å². The molecule has 0 aliphatic carbocycles. The Balaban J connectivity index is 1.34. The lowest BCUT2D eigenvalue weighted by molar-refractivity contribution is -0.146. The molecule has 0 saturated carbocycles. The van der Waals surface area contributed by atoms with Gasteiger partial charge >= 0.3 is 5.97 Å². The number of carboxylic acids is 1. The summed E-state index contributed by atoms with van der Waals surface area (Å²) in [6, 6.07) is 7.75. The molecule has 1 aromatic carbocycles. The number of benzene rings is 1. The average Bonchev–Trinajstić information content (AvgIpc) is 2.76. The zero-order chi connectivity index (χ0) is 22.9. The van der Waals surface area contributed by atoms with E-state index in [1.807, 2.05) is 24.3 Å². The number of allylic oxidation sites excluding steroid dienone is 5. The summed E-state index contributed by atoms with van der Waals surface area (Å²) in [5.74, 6) is -0.758. The van der Waals surface area contributed by atoms with Gasteiger partial charge in [-0.1, -0.05) is 55.5 Å². The monoisotopic (exact) mass is 437 g/mol. The Bertz CT molecular complexity index is 852. The molecule has 0 bridgehead atoms. The van der Waals surface area contributed by atoms with Gasteiger partial charge in [-0.15, -0.1) is 0 Å². The molecule has 2 aliphatic rings. The van der Waals surface area contributed by atoms with E-state index in [1.165, 1.54) is 23.3 Å². The largest absolute Gasteiger partial charge is 0.480 e. The number of nitrogens with one attached hydrogen (secondary N) is 2. The lowest BCUT2D eigenvalue weighted by Crippen LogP contribution is -2.60. The number of likely N-dealkylation sites (tertiary alicyclic amines) is 1. The van der Waals surface area contributed by atoms with Gasteiger partial charge in [0.05, 0.1) is 0 Å². The Morgan fingerprint density at radius 3 is 2.84 bits per heavy atom. The normalized spacial score (nSPS) is 18.4. The predicted molar refractivity (Wildman–Crippen MR) is 132 cm³/mol. The first-order chi connectivity index (χ1) is 15.5. The van der Waals surface area contributed by atoms with Crippen LogP contribution >= 0.6 is 0 Å². The first-order valence-corrected chi connectivity index (χ1v) is 12.1. The third-order valence-corrected chi connectivity index (χ3v) is 6.61. The molecule has 2 aliphatic heterocycles. The lowest BCUT2D eigenvalue weighted by Gasteiger charge is -2.43. The molecular weight excluding hydrogens is 398 g/mol. The van der Waals surface area contributed by atoms with Gasteiger partial charge in [0.1, 0.15) is 6.04 Å². The van der Waals surface area contributed by atoms with Crippen LogP contribution in [0.5, 0.6) is 0 Å². The standard InChI is InChI=1S/C27H39N3O2/c1-4-22-11-5-6-13-25(22)26(27(31)32)30-18-24(19-30)29-16-8-7-10-20(2)14-15-23-12-9-17-28-21(23)3/h5-6,11,13-15,24,26,28-29H,2,4,7-10,12,16-19H2,1,3H3,(H,31,32)/b15-14-. The molecule has 0 amide bonds. The van der Waals surface area contributed by atoms with Crippen molar-refractivity contribution in [2.75, 3.05) is 26.2 Å². The Morgan fingerprint density at radius 1 is 1.34 bits per heavy atom. The summed E-state index contributed by atoms with van der Waals surface area (Å²) in [4.78, 5) is 14.0. The summed E-state index contributed by atoms with van der Waals surface area (Å²) in [6.45, 7) is 12.0. The smallest absolute Gasteiger partial charge is 0.325 e. The van der Waals surface area contributed by atoms with Gasteiger partial charge in [-0.2, -0.15) is 0 Å². The van der Waals surface area contributed by atoms with Gasteiger partial charge in [0.2, 0.25) is 0 Å². The molecule has 1 saturated heterocycles. The number of hydrogen-bond donors (Lipinski definition) is 3. The molecule has 1 atom stereocenters. The summed E-state index contributed by atoms with van der Waals surface area (Å²) < 4.78 is 0.